The van der Waals surface area contributed by atoms with Crippen molar-refractivity contribution in [2.45, 2.75) is 0 Å². The lowest BCUT2D eigenvalue weighted by Gasteiger charge is -1.87. The second-order valence-electron chi connectivity index (χ2n) is 19.2. The molecular weight excluding hydrogens is 1610 g/mol. The van der Waals surface area contributed by atoms with Gasteiger partial charge in [-0.25, -0.2) is 0 Å². The predicted molar refractivity (Wildman–Crippen MR) is 431 cm³/mol. The highest BCUT2D eigenvalue weighted by atomic mass is 35.5. The highest BCUT2D eigenvalue weighted by Crippen LogP contribution is 2.21. The van der Waals surface area contributed by atoms with Crippen LogP contribution in [0, 0.1) is 0 Å². The largest absolute Gasteiger partial charge is 0.508 e. The molecule has 546 valence electrons. The summed E-state index contributed by atoms with van der Waals surface area (Å²) in [7, 11) is 0. The van der Waals surface area contributed by atoms with Crippen LogP contribution in [0.25, 0.3) is 0 Å². The average molecular weight is 1670 g/mol. The maximum Gasteiger partial charge on any atom is 0.115 e. The summed E-state index contributed by atoms with van der Waals surface area (Å²) < 4.78 is 0. The lowest BCUT2D eigenvalue weighted by atomic mass is 10.3. The molecule has 0 atom stereocenters. The fraction of sp³-hybridized carbons (Fsp3) is 0. The van der Waals surface area contributed by atoms with E-state index in [9.17, 15) is 0 Å². The van der Waals surface area contributed by atoms with Crippen molar-refractivity contribution in [3.05, 3.63) is 381 Å². The molecule has 13 N–H and O–H groups in total. The van der Waals surface area contributed by atoms with E-state index >= 15 is 0 Å². The number of phenols is 13. The number of phenolic OH excluding ortho intramolecular Hbond substituents is 13. The molecular formula is C78H65Cl13O13. The second-order valence-corrected chi connectivity index (χ2v) is 24.9. The third kappa shape index (κ3) is 53.8. The van der Waals surface area contributed by atoms with Crippen LogP contribution in [0.2, 0.25) is 65.3 Å². The Labute approximate surface area is 666 Å². The maximum atomic E-state index is 8.70. The highest BCUT2D eigenvalue weighted by molar-refractivity contribution is 6.34. The molecule has 0 radical (unpaired) electrons. The summed E-state index contributed by atoms with van der Waals surface area (Å²) in [5.74, 6) is 3.18. The maximum absolute atomic E-state index is 8.70. The van der Waals surface area contributed by atoms with Crippen LogP contribution in [0.5, 0.6) is 74.7 Å². The van der Waals surface area contributed by atoms with Crippen molar-refractivity contribution in [2.24, 2.45) is 0 Å². The van der Waals surface area contributed by atoms with Crippen LogP contribution in [0.15, 0.2) is 315 Å². The van der Waals surface area contributed by atoms with Crippen LogP contribution in [0.3, 0.4) is 0 Å². The van der Waals surface area contributed by atoms with Crippen LogP contribution in [0.1, 0.15) is 0 Å². The van der Waals surface area contributed by atoms with Crippen molar-refractivity contribution >= 4 is 151 Å². The van der Waals surface area contributed by atoms with E-state index in [-0.39, 0.29) is 74.7 Å². The molecule has 0 spiro atoms. The number of rotatable bonds is 0. The fourth-order valence-corrected chi connectivity index (χ4v) is 7.37. The summed E-state index contributed by atoms with van der Waals surface area (Å²) in [6.07, 6.45) is 0. The van der Waals surface area contributed by atoms with Crippen LogP contribution < -0.4 is 0 Å². The number of halogens is 13. The number of hydrogen-bond donors (Lipinski definition) is 13. The molecule has 0 aliphatic rings. The summed E-state index contributed by atoms with van der Waals surface area (Å²) in [5, 5.41) is 121. The van der Waals surface area contributed by atoms with Crippen LogP contribution >= 0.6 is 151 Å². The smallest absolute Gasteiger partial charge is 0.115 e. The fourth-order valence-electron chi connectivity index (χ4n) is 5.73. The van der Waals surface area contributed by atoms with E-state index in [1.165, 1.54) is 0 Å². The Balaban J connectivity index is 0.000000563. The van der Waals surface area contributed by atoms with Crippen LogP contribution in [-0.4, -0.2) is 66.4 Å². The van der Waals surface area contributed by atoms with E-state index in [2.05, 4.69) is 0 Å². The quantitative estimate of drug-likeness (QED) is 0.0675. The minimum atomic E-state index is 0.245. The normalized spacial score (nSPS) is 9.12. The topological polar surface area (TPSA) is 263 Å². The third-order valence-electron chi connectivity index (χ3n) is 10.7. The molecule has 13 rings (SSSR count). The van der Waals surface area contributed by atoms with Gasteiger partial charge in [0.2, 0.25) is 0 Å². The zero-order valence-electron chi connectivity index (χ0n) is 53.7. The molecule has 0 bridgehead atoms. The van der Waals surface area contributed by atoms with E-state index in [4.69, 9.17) is 217 Å². The lowest BCUT2D eigenvalue weighted by Crippen LogP contribution is -1.61. The van der Waals surface area contributed by atoms with Crippen LogP contribution in [0.4, 0.5) is 0 Å². The molecule has 0 aromatic heterocycles. The van der Waals surface area contributed by atoms with Gasteiger partial charge in [-0.05, 0) is 315 Å². The van der Waals surface area contributed by atoms with Crippen molar-refractivity contribution in [2.75, 3.05) is 0 Å². The van der Waals surface area contributed by atoms with E-state index in [0.29, 0.717) is 65.3 Å². The number of hydrogen-bond acceptors (Lipinski definition) is 13. The van der Waals surface area contributed by atoms with Gasteiger partial charge in [-0.2, -0.15) is 0 Å². The molecule has 13 aromatic rings. The van der Waals surface area contributed by atoms with E-state index in [1.54, 1.807) is 315 Å². The van der Waals surface area contributed by atoms with E-state index < -0.39 is 0 Å². The molecule has 0 amide bonds. The second kappa shape index (κ2) is 55.6. The van der Waals surface area contributed by atoms with Crippen molar-refractivity contribution in [3.63, 3.8) is 0 Å². The predicted octanol–water partition coefficient (Wildman–Crippen LogP) is 26.6. The Morgan fingerprint density at radius 2 is 0.125 bits per heavy atom. The zero-order chi connectivity index (χ0) is 77.8. The van der Waals surface area contributed by atoms with Gasteiger partial charge in [-0.1, -0.05) is 151 Å². The van der Waals surface area contributed by atoms with Gasteiger partial charge < -0.3 is 66.4 Å². The molecule has 26 heteroatoms. The molecule has 0 saturated heterocycles. The van der Waals surface area contributed by atoms with Gasteiger partial charge in [0.05, 0.1) is 0 Å². The molecule has 13 aromatic carbocycles. The summed E-state index contributed by atoms with van der Waals surface area (Å²) in [6, 6.07) is 82.7. The van der Waals surface area contributed by atoms with Gasteiger partial charge in [-0.15, -0.1) is 0 Å². The molecule has 0 saturated carbocycles. The molecule has 0 aliphatic heterocycles. The Morgan fingerprint density at radius 3 is 0.154 bits per heavy atom. The number of aromatic hydroxyl groups is 13. The van der Waals surface area contributed by atoms with Gasteiger partial charge in [0.1, 0.15) is 74.7 Å². The Hall–Kier alpha value is -8.97. The minimum Gasteiger partial charge on any atom is -0.508 e. The van der Waals surface area contributed by atoms with Crippen molar-refractivity contribution in [1.82, 2.24) is 0 Å². The standard InChI is InChI=1S/13C6H5ClO/c13*7-5-1-3-6(8)4-2-5/h13*1-4,8H. The van der Waals surface area contributed by atoms with Gasteiger partial charge in [-0.3, -0.25) is 0 Å². The summed E-state index contributed by atoms with van der Waals surface area (Å²) >= 11 is 71.5. The Bertz CT molecular complexity index is 2960. The molecule has 0 unspecified atom stereocenters. The Kier molecular flexibility index (Phi) is 49.7. The molecule has 13 nitrogen and oxygen atoms in total. The number of benzene rings is 13. The van der Waals surface area contributed by atoms with Gasteiger partial charge >= 0.3 is 0 Å². The van der Waals surface area contributed by atoms with Crippen molar-refractivity contribution < 1.29 is 66.4 Å². The van der Waals surface area contributed by atoms with Crippen molar-refractivity contribution in [1.29, 1.82) is 0 Å². The zero-order valence-corrected chi connectivity index (χ0v) is 63.6. The SMILES string of the molecule is Oc1ccc(Cl)cc1.Oc1ccc(Cl)cc1.Oc1ccc(Cl)cc1.Oc1ccc(Cl)cc1.Oc1ccc(Cl)cc1.Oc1ccc(Cl)cc1.Oc1ccc(Cl)cc1.Oc1ccc(Cl)cc1.Oc1ccc(Cl)cc1.Oc1ccc(Cl)cc1.Oc1ccc(Cl)cc1.Oc1ccc(Cl)cc1.Oc1ccc(Cl)cc1. The first-order chi connectivity index (χ1) is 49.2. The minimum absolute atomic E-state index is 0.245. The molecule has 0 aliphatic carbocycles. The Morgan fingerprint density at radius 1 is 0.0865 bits per heavy atom. The molecule has 104 heavy (non-hydrogen) atoms. The summed E-state index contributed by atoms with van der Waals surface area (Å²) in [4.78, 5) is 0. The van der Waals surface area contributed by atoms with E-state index in [1.807, 2.05) is 0 Å². The summed E-state index contributed by atoms with van der Waals surface area (Å²) in [6.45, 7) is 0. The molecule has 0 fully saturated rings. The lowest BCUT2D eigenvalue weighted by molar-refractivity contribution is 0.475. The highest BCUT2D eigenvalue weighted by Gasteiger charge is 1.93. The first-order valence-electron chi connectivity index (χ1n) is 29.0. The van der Waals surface area contributed by atoms with Gasteiger partial charge in [0.15, 0.2) is 0 Å². The first-order valence-corrected chi connectivity index (χ1v) is 34.0. The molecule has 0 heterocycles. The van der Waals surface area contributed by atoms with Gasteiger partial charge in [0, 0.05) is 65.3 Å². The monoisotopic (exact) mass is 1660 g/mol. The summed E-state index contributed by atoms with van der Waals surface area (Å²) in [5.41, 5.74) is 0. The third-order valence-corrected chi connectivity index (χ3v) is 14.0. The first kappa shape index (κ1) is 93.0. The van der Waals surface area contributed by atoms with E-state index in [0.717, 1.165) is 0 Å². The van der Waals surface area contributed by atoms with Crippen LogP contribution in [-0.2, 0) is 0 Å². The van der Waals surface area contributed by atoms with Crippen molar-refractivity contribution in [3.8, 4) is 74.7 Å². The average Bonchev–Trinajstić information content (AvgIpc) is 3.63. The van der Waals surface area contributed by atoms with Gasteiger partial charge in [0.25, 0.3) is 0 Å².